The first-order valence-corrected chi connectivity index (χ1v) is 3.84. The van der Waals surface area contributed by atoms with E-state index in [2.05, 4.69) is 10.3 Å². The van der Waals surface area contributed by atoms with Crippen LogP contribution in [0.4, 0.5) is 0 Å². The van der Waals surface area contributed by atoms with Crippen molar-refractivity contribution in [2.45, 2.75) is 32.2 Å². The maximum absolute atomic E-state index is 3.98. The topological polar surface area (TPSA) is 30.7 Å². The normalized spacial score (nSPS) is 18.0. The van der Waals surface area contributed by atoms with E-state index >= 15 is 0 Å². The number of nitrogens with zero attached hydrogens (tertiary/aromatic N) is 3. The van der Waals surface area contributed by atoms with E-state index in [9.17, 15) is 0 Å². The Bertz CT molecular complexity index is 196. The highest BCUT2D eigenvalue weighted by molar-refractivity contribution is 4.94. The molecule has 10 heavy (non-hydrogen) atoms. The van der Waals surface area contributed by atoms with Crippen molar-refractivity contribution in [2.75, 3.05) is 0 Å². The molecule has 0 bridgehead atoms. The Hall–Kier alpha value is -0.860. The molecule has 2 heterocycles. The summed E-state index contributed by atoms with van der Waals surface area (Å²) in [4.78, 5) is 0. The fraction of sp³-hybridized carbons (Fsp3) is 0.714. The molecule has 3 nitrogen and oxygen atoms in total. The van der Waals surface area contributed by atoms with E-state index in [0.29, 0.717) is 0 Å². The molecule has 0 aliphatic carbocycles. The molecule has 0 saturated carbocycles. The summed E-state index contributed by atoms with van der Waals surface area (Å²) in [6.07, 6.45) is 6.94. The van der Waals surface area contributed by atoms with Crippen LogP contribution in [0.15, 0.2) is 6.20 Å². The molecule has 0 aromatic carbocycles. The van der Waals surface area contributed by atoms with Crippen LogP contribution in [0.3, 0.4) is 0 Å². The Morgan fingerprint density at radius 3 is 3.30 bits per heavy atom. The lowest BCUT2D eigenvalue weighted by Crippen LogP contribution is -2.01. The third-order valence-corrected chi connectivity index (χ3v) is 2.00. The zero-order chi connectivity index (χ0) is 6.81. The Morgan fingerprint density at radius 2 is 2.30 bits per heavy atom. The van der Waals surface area contributed by atoms with Gasteiger partial charge in [0.05, 0.1) is 11.9 Å². The fourth-order valence-electron chi connectivity index (χ4n) is 1.41. The van der Waals surface area contributed by atoms with Crippen molar-refractivity contribution in [1.82, 2.24) is 15.0 Å². The summed E-state index contributed by atoms with van der Waals surface area (Å²) in [7, 11) is 0. The van der Waals surface area contributed by atoms with E-state index in [4.69, 9.17) is 0 Å². The third-order valence-electron chi connectivity index (χ3n) is 2.00. The van der Waals surface area contributed by atoms with Crippen LogP contribution in [0.2, 0.25) is 0 Å². The van der Waals surface area contributed by atoms with Crippen LogP contribution < -0.4 is 0 Å². The van der Waals surface area contributed by atoms with Crippen LogP contribution in [-0.2, 0) is 13.0 Å². The molecule has 0 radical (unpaired) electrons. The number of fused-ring (bicyclic) bond motifs is 1. The first-order valence-electron chi connectivity index (χ1n) is 3.84. The van der Waals surface area contributed by atoms with Crippen molar-refractivity contribution in [2.24, 2.45) is 0 Å². The molecule has 1 aromatic rings. The summed E-state index contributed by atoms with van der Waals surface area (Å²) in [6, 6.07) is 0. The van der Waals surface area contributed by atoms with Gasteiger partial charge in [-0.05, 0) is 19.3 Å². The van der Waals surface area contributed by atoms with Crippen molar-refractivity contribution < 1.29 is 0 Å². The van der Waals surface area contributed by atoms with Gasteiger partial charge < -0.3 is 0 Å². The summed E-state index contributed by atoms with van der Waals surface area (Å²) in [5.74, 6) is 0. The van der Waals surface area contributed by atoms with Crippen LogP contribution in [0, 0.1) is 0 Å². The number of rotatable bonds is 0. The molecule has 1 aliphatic heterocycles. The lowest BCUT2D eigenvalue weighted by Gasteiger charge is -1.96. The zero-order valence-electron chi connectivity index (χ0n) is 5.95. The highest BCUT2D eigenvalue weighted by Gasteiger charge is 2.06. The molecule has 0 spiro atoms. The van der Waals surface area contributed by atoms with Crippen LogP contribution in [0.1, 0.15) is 25.0 Å². The summed E-state index contributed by atoms with van der Waals surface area (Å²) in [5.41, 5.74) is 1.30. The Balaban J connectivity index is 2.28. The van der Waals surface area contributed by atoms with Gasteiger partial charge in [-0.2, -0.15) is 0 Å². The van der Waals surface area contributed by atoms with Crippen LogP contribution in [0.5, 0.6) is 0 Å². The number of aromatic nitrogens is 3. The van der Waals surface area contributed by atoms with Crippen molar-refractivity contribution >= 4 is 0 Å². The molecular formula is C7H11N3. The first-order chi connectivity index (χ1) is 4.97. The van der Waals surface area contributed by atoms with Crippen LogP contribution >= 0.6 is 0 Å². The second-order valence-corrected chi connectivity index (χ2v) is 2.76. The van der Waals surface area contributed by atoms with Crippen LogP contribution in [0.25, 0.3) is 0 Å². The Labute approximate surface area is 60.0 Å². The summed E-state index contributed by atoms with van der Waals surface area (Å²) in [5, 5.41) is 7.84. The molecule has 2 rings (SSSR count). The molecule has 0 N–H and O–H groups in total. The molecule has 0 saturated heterocycles. The molecule has 0 unspecified atom stereocenters. The van der Waals surface area contributed by atoms with Gasteiger partial charge in [0.1, 0.15) is 0 Å². The predicted octanol–water partition coefficient (Wildman–Crippen LogP) is 1.00. The van der Waals surface area contributed by atoms with Gasteiger partial charge in [-0.25, -0.2) is 4.68 Å². The average Bonchev–Trinajstić information content (AvgIpc) is 2.28. The minimum Gasteiger partial charge on any atom is -0.249 e. The Kier molecular flexibility index (Phi) is 1.42. The number of hydrogen-bond acceptors (Lipinski definition) is 2. The third kappa shape index (κ3) is 0.916. The zero-order valence-corrected chi connectivity index (χ0v) is 5.95. The van der Waals surface area contributed by atoms with Gasteiger partial charge >= 0.3 is 0 Å². The minimum atomic E-state index is 1.06. The molecule has 0 fully saturated rings. The standard InChI is InChI=1S/C7H11N3/c1-2-4-7-6-8-9-10(7)5-3-1/h6H,1-5H2. The van der Waals surface area contributed by atoms with Gasteiger partial charge in [0.15, 0.2) is 0 Å². The summed E-state index contributed by atoms with van der Waals surface area (Å²) >= 11 is 0. The van der Waals surface area contributed by atoms with Gasteiger partial charge in [0.2, 0.25) is 0 Å². The predicted molar refractivity (Wildman–Crippen MR) is 37.6 cm³/mol. The van der Waals surface area contributed by atoms with Crippen molar-refractivity contribution in [3.63, 3.8) is 0 Å². The summed E-state index contributed by atoms with van der Waals surface area (Å²) < 4.78 is 2.02. The highest BCUT2D eigenvalue weighted by atomic mass is 15.4. The maximum Gasteiger partial charge on any atom is 0.0725 e. The maximum atomic E-state index is 3.98. The number of hydrogen-bond donors (Lipinski definition) is 0. The van der Waals surface area contributed by atoms with Crippen molar-refractivity contribution in [3.8, 4) is 0 Å². The molecule has 1 aromatic heterocycles. The molecule has 0 amide bonds. The lowest BCUT2D eigenvalue weighted by atomic mass is 10.2. The highest BCUT2D eigenvalue weighted by Crippen LogP contribution is 2.11. The average molecular weight is 137 g/mol. The molecular weight excluding hydrogens is 126 g/mol. The second kappa shape index (κ2) is 2.40. The van der Waals surface area contributed by atoms with E-state index in [1.807, 2.05) is 10.9 Å². The van der Waals surface area contributed by atoms with Gasteiger partial charge in [-0.15, -0.1) is 5.10 Å². The Morgan fingerprint density at radius 1 is 1.30 bits per heavy atom. The quantitative estimate of drug-likeness (QED) is 0.534. The first kappa shape index (κ1) is 5.89. The van der Waals surface area contributed by atoms with E-state index in [0.717, 1.165) is 13.0 Å². The fourth-order valence-corrected chi connectivity index (χ4v) is 1.41. The van der Waals surface area contributed by atoms with Crippen LogP contribution in [-0.4, -0.2) is 15.0 Å². The largest absolute Gasteiger partial charge is 0.249 e. The molecule has 54 valence electrons. The van der Waals surface area contributed by atoms with Crippen molar-refractivity contribution in [3.05, 3.63) is 11.9 Å². The molecule has 0 atom stereocenters. The van der Waals surface area contributed by atoms with E-state index < -0.39 is 0 Å². The molecule has 1 aliphatic rings. The van der Waals surface area contributed by atoms with Gasteiger partial charge in [-0.1, -0.05) is 11.6 Å². The van der Waals surface area contributed by atoms with Gasteiger partial charge in [-0.3, -0.25) is 0 Å². The van der Waals surface area contributed by atoms with E-state index in [-0.39, 0.29) is 0 Å². The summed E-state index contributed by atoms with van der Waals surface area (Å²) in [6.45, 7) is 1.06. The molecule has 3 heteroatoms. The minimum absolute atomic E-state index is 1.06. The van der Waals surface area contributed by atoms with Gasteiger partial charge in [0.25, 0.3) is 0 Å². The SMILES string of the molecule is c1nnn2c1CCCCC2. The van der Waals surface area contributed by atoms with E-state index in [1.165, 1.54) is 25.0 Å². The number of aryl methyl sites for hydroxylation is 2. The lowest BCUT2D eigenvalue weighted by molar-refractivity contribution is 0.556. The van der Waals surface area contributed by atoms with Crippen molar-refractivity contribution in [1.29, 1.82) is 0 Å². The monoisotopic (exact) mass is 137 g/mol. The smallest absolute Gasteiger partial charge is 0.0725 e. The van der Waals surface area contributed by atoms with Gasteiger partial charge in [0, 0.05) is 6.54 Å². The van der Waals surface area contributed by atoms with E-state index in [1.54, 1.807) is 0 Å². The second-order valence-electron chi connectivity index (χ2n) is 2.76.